The first kappa shape index (κ1) is 9.33. The van der Waals surface area contributed by atoms with Crippen molar-refractivity contribution in [2.24, 2.45) is 0 Å². The summed E-state index contributed by atoms with van der Waals surface area (Å²) in [6.07, 6.45) is 0. The quantitative estimate of drug-likeness (QED) is 0.784. The van der Waals surface area contributed by atoms with Gasteiger partial charge in [0.2, 0.25) is 5.76 Å². The first-order chi connectivity index (χ1) is 7.18. The number of hydrogen-bond donors (Lipinski definition) is 2. The van der Waals surface area contributed by atoms with Crippen LogP contribution in [-0.2, 0) is 0 Å². The van der Waals surface area contributed by atoms with Crippen molar-refractivity contribution in [2.45, 2.75) is 0 Å². The van der Waals surface area contributed by atoms with Crippen LogP contribution >= 0.6 is 0 Å². The maximum atomic E-state index is 10.7. The predicted octanol–water partition coefficient (Wildman–Crippen LogP) is 2.23. The molecule has 0 saturated carbocycles. The molecule has 1 aromatic carbocycles. The Morgan fingerprint density at radius 3 is 2.47 bits per heavy atom. The number of anilines is 1. The normalized spacial score (nSPS) is 10.1. The summed E-state index contributed by atoms with van der Waals surface area (Å²) in [7, 11) is 0. The third-order valence-corrected chi connectivity index (χ3v) is 2.01. The Morgan fingerprint density at radius 2 is 1.93 bits per heavy atom. The largest absolute Gasteiger partial charge is 0.475 e. The Bertz CT molecular complexity index is 488. The molecule has 0 spiro atoms. The molecule has 2 rings (SSSR count). The van der Waals surface area contributed by atoms with E-state index in [1.165, 1.54) is 6.07 Å². The molecule has 1 aromatic heterocycles. The van der Waals surface area contributed by atoms with Gasteiger partial charge in [-0.15, -0.1) is 0 Å². The van der Waals surface area contributed by atoms with Crippen LogP contribution in [0.4, 0.5) is 5.69 Å². The van der Waals surface area contributed by atoms with Gasteiger partial charge < -0.3 is 15.3 Å². The predicted molar refractivity (Wildman–Crippen MR) is 55.5 cm³/mol. The van der Waals surface area contributed by atoms with Crippen LogP contribution in [0.2, 0.25) is 0 Å². The lowest BCUT2D eigenvalue weighted by molar-refractivity contribution is 0.0665. The van der Waals surface area contributed by atoms with Crippen molar-refractivity contribution in [3.05, 3.63) is 42.2 Å². The van der Waals surface area contributed by atoms with Crippen LogP contribution < -0.4 is 5.73 Å². The van der Waals surface area contributed by atoms with Gasteiger partial charge in [-0.2, -0.15) is 0 Å². The summed E-state index contributed by atoms with van der Waals surface area (Å²) in [4.78, 5) is 10.7. The van der Waals surface area contributed by atoms with Crippen molar-refractivity contribution in [3.8, 4) is 11.3 Å². The molecule has 0 saturated heterocycles. The zero-order valence-electron chi connectivity index (χ0n) is 7.81. The highest BCUT2D eigenvalue weighted by atomic mass is 16.4. The summed E-state index contributed by atoms with van der Waals surface area (Å²) in [6, 6.07) is 10.7. The molecular weight excluding hydrogens is 194 g/mol. The van der Waals surface area contributed by atoms with Gasteiger partial charge in [-0.1, -0.05) is 30.3 Å². The lowest BCUT2D eigenvalue weighted by Gasteiger charge is -1.93. The Hall–Kier alpha value is -2.23. The molecule has 4 heteroatoms. The number of benzene rings is 1. The molecule has 3 N–H and O–H groups in total. The SMILES string of the molecule is Nc1cc(-c2ccccc2)oc1C(=O)O. The van der Waals surface area contributed by atoms with Gasteiger partial charge in [0.25, 0.3) is 0 Å². The summed E-state index contributed by atoms with van der Waals surface area (Å²) in [6.45, 7) is 0. The zero-order valence-corrected chi connectivity index (χ0v) is 7.81. The third kappa shape index (κ3) is 1.69. The van der Waals surface area contributed by atoms with Gasteiger partial charge in [0.15, 0.2) is 0 Å². The topological polar surface area (TPSA) is 76.5 Å². The molecule has 76 valence electrons. The molecule has 0 amide bonds. The van der Waals surface area contributed by atoms with E-state index in [1.54, 1.807) is 0 Å². The second-order valence-electron chi connectivity index (χ2n) is 3.07. The zero-order chi connectivity index (χ0) is 10.8. The van der Waals surface area contributed by atoms with Gasteiger partial charge in [-0.3, -0.25) is 0 Å². The molecule has 4 nitrogen and oxygen atoms in total. The first-order valence-electron chi connectivity index (χ1n) is 4.36. The van der Waals surface area contributed by atoms with E-state index in [0.29, 0.717) is 5.76 Å². The van der Waals surface area contributed by atoms with Crippen molar-refractivity contribution in [1.29, 1.82) is 0 Å². The van der Waals surface area contributed by atoms with E-state index in [4.69, 9.17) is 15.3 Å². The number of rotatable bonds is 2. The fraction of sp³-hybridized carbons (Fsp3) is 0. The number of carboxylic acids is 1. The number of nitrogen functional groups attached to an aromatic ring is 1. The number of carboxylic acid groups (broad SMARTS) is 1. The van der Waals surface area contributed by atoms with Gasteiger partial charge in [0.05, 0.1) is 5.69 Å². The number of furan rings is 1. The van der Waals surface area contributed by atoms with Crippen LogP contribution in [-0.4, -0.2) is 11.1 Å². The molecule has 15 heavy (non-hydrogen) atoms. The van der Waals surface area contributed by atoms with E-state index in [2.05, 4.69) is 0 Å². The molecule has 0 aliphatic heterocycles. The average Bonchev–Trinajstić information content (AvgIpc) is 2.62. The van der Waals surface area contributed by atoms with Gasteiger partial charge in [-0.25, -0.2) is 4.79 Å². The van der Waals surface area contributed by atoms with E-state index in [0.717, 1.165) is 5.56 Å². The number of hydrogen-bond acceptors (Lipinski definition) is 3. The highest BCUT2D eigenvalue weighted by Gasteiger charge is 2.15. The van der Waals surface area contributed by atoms with Crippen LogP contribution in [0, 0.1) is 0 Å². The second kappa shape index (κ2) is 3.49. The summed E-state index contributed by atoms with van der Waals surface area (Å²) < 4.78 is 5.14. The molecular formula is C11H9NO3. The summed E-state index contributed by atoms with van der Waals surface area (Å²) >= 11 is 0. The minimum atomic E-state index is -1.16. The monoisotopic (exact) mass is 203 g/mol. The summed E-state index contributed by atoms with van der Waals surface area (Å²) in [5, 5.41) is 8.75. The van der Waals surface area contributed by atoms with E-state index in [-0.39, 0.29) is 11.4 Å². The van der Waals surface area contributed by atoms with Crippen LogP contribution in [0.1, 0.15) is 10.6 Å². The van der Waals surface area contributed by atoms with Gasteiger partial charge in [0, 0.05) is 11.6 Å². The van der Waals surface area contributed by atoms with Crippen molar-refractivity contribution in [2.75, 3.05) is 5.73 Å². The van der Waals surface area contributed by atoms with Crippen molar-refractivity contribution >= 4 is 11.7 Å². The lowest BCUT2D eigenvalue weighted by Crippen LogP contribution is -1.97. The van der Waals surface area contributed by atoms with E-state index >= 15 is 0 Å². The molecule has 0 aliphatic rings. The van der Waals surface area contributed by atoms with Crippen molar-refractivity contribution in [3.63, 3.8) is 0 Å². The highest BCUT2D eigenvalue weighted by Crippen LogP contribution is 2.26. The molecule has 1 heterocycles. The Morgan fingerprint density at radius 1 is 1.27 bits per heavy atom. The van der Waals surface area contributed by atoms with Crippen molar-refractivity contribution in [1.82, 2.24) is 0 Å². The molecule has 0 unspecified atom stereocenters. The smallest absolute Gasteiger partial charge is 0.374 e. The molecule has 0 fully saturated rings. The average molecular weight is 203 g/mol. The fourth-order valence-corrected chi connectivity index (χ4v) is 1.32. The Balaban J connectivity index is 2.48. The van der Waals surface area contributed by atoms with Crippen LogP contribution in [0.5, 0.6) is 0 Å². The van der Waals surface area contributed by atoms with E-state index in [1.807, 2.05) is 30.3 Å². The molecule has 0 bridgehead atoms. The van der Waals surface area contributed by atoms with Crippen molar-refractivity contribution < 1.29 is 14.3 Å². The first-order valence-corrected chi connectivity index (χ1v) is 4.36. The summed E-state index contributed by atoms with van der Waals surface area (Å²) in [5.41, 5.74) is 6.45. The van der Waals surface area contributed by atoms with Gasteiger partial charge in [-0.05, 0) is 0 Å². The van der Waals surface area contributed by atoms with Crippen LogP contribution in [0.3, 0.4) is 0 Å². The molecule has 0 aliphatic carbocycles. The summed E-state index contributed by atoms with van der Waals surface area (Å²) in [5.74, 6) is -0.908. The van der Waals surface area contributed by atoms with E-state index < -0.39 is 5.97 Å². The number of nitrogens with two attached hydrogens (primary N) is 1. The van der Waals surface area contributed by atoms with E-state index in [9.17, 15) is 4.79 Å². The minimum Gasteiger partial charge on any atom is -0.475 e. The molecule has 0 atom stereocenters. The number of carbonyl (C=O) groups is 1. The van der Waals surface area contributed by atoms with Gasteiger partial charge >= 0.3 is 5.97 Å². The Kier molecular flexibility index (Phi) is 2.17. The van der Waals surface area contributed by atoms with Gasteiger partial charge in [0.1, 0.15) is 5.76 Å². The fourth-order valence-electron chi connectivity index (χ4n) is 1.32. The minimum absolute atomic E-state index is 0.140. The standard InChI is InChI=1S/C11H9NO3/c12-8-6-9(15-10(8)11(13)14)7-4-2-1-3-5-7/h1-6H,12H2,(H,13,14). The third-order valence-electron chi connectivity index (χ3n) is 2.01. The number of aromatic carboxylic acids is 1. The van der Waals surface area contributed by atoms with Crippen LogP contribution in [0.15, 0.2) is 40.8 Å². The molecule has 2 aromatic rings. The second-order valence-corrected chi connectivity index (χ2v) is 3.07. The lowest BCUT2D eigenvalue weighted by atomic mass is 10.2. The van der Waals surface area contributed by atoms with Crippen LogP contribution in [0.25, 0.3) is 11.3 Å². The maximum Gasteiger partial charge on any atom is 0.374 e. The highest BCUT2D eigenvalue weighted by molar-refractivity contribution is 5.91. The maximum absolute atomic E-state index is 10.7. The Labute approximate surface area is 85.9 Å². The molecule has 0 radical (unpaired) electrons.